The van der Waals surface area contributed by atoms with Crippen LogP contribution in [0.4, 0.5) is 5.95 Å². The molecule has 1 unspecified atom stereocenters. The Morgan fingerprint density at radius 3 is 2.63 bits per heavy atom. The van der Waals surface area contributed by atoms with E-state index in [9.17, 15) is 0 Å². The van der Waals surface area contributed by atoms with Gasteiger partial charge in [0.2, 0.25) is 5.95 Å². The Morgan fingerprint density at radius 1 is 1.37 bits per heavy atom. The molecule has 4 nitrogen and oxygen atoms in total. The van der Waals surface area contributed by atoms with Gasteiger partial charge in [-0.15, -0.1) is 0 Å². The van der Waals surface area contributed by atoms with Crippen molar-refractivity contribution in [3.05, 3.63) is 12.4 Å². The summed E-state index contributed by atoms with van der Waals surface area (Å²) < 4.78 is 2.35. The van der Waals surface area contributed by atoms with E-state index < -0.39 is 0 Å². The van der Waals surface area contributed by atoms with Crippen LogP contribution in [0, 0.1) is 5.92 Å². The fourth-order valence-electron chi connectivity index (χ4n) is 2.88. The van der Waals surface area contributed by atoms with Crippen LogP contribution in [-0.2, 0) is 0 Å². The second kappa shape index (κ2) is 6.42. The van der Waals surface area contributed by atoms with Gasteiger partial charge in [-0.05, 0) is 32.9 Å². The second-order valence-electron chi connectivity index (χ2n) is 6.35. The SMILES string of the molecule is CC(C)C(CN(C)C)Nc1nccn1C1CCCC1. The van der Waals surface area contributed by atoms with E-state index in [-0.39, 0.29) is 0 Å². The van der Waals surface area contributed by atoms with Crippen LogP contribution in [0.5, 0.6) is 0 Å². The molecule has 1 saturated carbocycles. The fourth-order valence-corrected chi connectivity index (χ4v) is 2.88. The van der Waals surface area contributed by atoms with E-state index in [0.29, 0.717) is 18.0 Å². The molecule has 0 spiro atoms. The van der Waals surface area contributed by atoms with E-state index >= 15 is 0 Å². The van der Waals surface area contributed by atoms with E-state index in [0.717, 1.165) is 12.5 Å². The Hall–Kier alpha value is -1.03. The van der Waals surface area contributed by atoms with Crippen LogP contribution in [0.15, 0.2) is 12.4 Å². The molecule has 1 fully saturated rings. The Morgan fingerprint density at radius 2 is 2.05 bits per heavy atom. The summed E-state index contributed by atoms with van der Waals surface area (Å²) >= 11 is 0. The van der Waals surface area contributed by atoms with Crippen LogP contribution >= 0.6 is 0 Å². The number of nitrogens with one attached hydrogen (secondary N) is 1. The zero-order chi connectivity index (χ0) is 13.8. The minimum absolute atomic E-state index is 0.442. The Bertz CT molecular complexity index is 377. The molecule has 0 saturated heterocycles. The highest BCUT2D eigenvalue weighted by Gasteiger charge is 2.21. The van der Waals surface area contributed by atoms with Gasteiger partial charge < -0.3 is 14.8 Å². The Balaban J connectivity index is 2.06. The van der Waals surface area contributed by atoms with E-state index in [1.54, 1.807) is 0 Å². The third kappa shape index (κ3) is 3.72. The number of nitrogens with zero attached hydrogens (tertiary/aromatic N) is 3. The van der Waals surface area contributed by atoms with E-state index in [2.05, 4.69) is 53.9 Å². The first-order valence-corrected chi connectivity index (χ1v) is 7.52. The first-order chi connectivity index (χ1) is 9.08. The Kier molecular flexibility index (Phi) is 4.86. The van der Waals surface area contributed by atoms with Crippen molar-refractivity contribution in [1.29, 1.82) is 0 Å². The average molecular weight is 264 g/mol. The number of imidazole rings is 1. The lowest BCUT2D eigenvalue weighted by molar-refractivity contribution is 0.342. The highest BCUT2D eigenvalue weighted by molar-refractivity contribution is 5.29. The summed E-state index contributed by atoms with van der Waals surface area (Å²) in [7, 11) is 4.25. The van der Waals surface area contributed by atoms with Gasteiger partial charge in [0.15, 0.2) is 0 Å². The molecule has 0 amide bonds. The zero-order valence-corrected chi connectivity index (χ0v) is 12.8. The summed E-state index contributed by atoms with van der Waals surface area (Å²) in [6.07, 6.45) is 9.36. The fraction of sp³-hybridized carbons (Fsp3) is 0.800. The highest BCUT2D eigenvalue weighted by Crippen LogP contribution is 2.31. The van der Waals surface area contributed by atoms with Crippen molar-refractivity contribution in [2.45, 2.75) is 51.6 Å². The van der Waals surface area contributed by atoms with Gasteiger partial charge in [0.1, 0.15) is 0 Å². The maximum atomic E-state index is 4.52. The number of anilines is 1. The summed E-state index contributed by atoms with van der Waals surface area (Å²) in [6, 6.07) is 1.09. The van der Waals surface area contributed by atoms with E-state index in [1.165, 1.54) is 25.7 Å². The summed E-state index contributed by atoms with van der Waals surface area (Å²) in [4.78, 5) is 6.76. The Labute approximate surface area is 117 Å². The minimum atomic E-state index is 0.442. The summed E-state index contributed by atoms with van der Waals surface area (Å²) in [5.41, 5.74) is 0. The van der Waals surface area contributed by atoms with Crippen LogP contribution in [0.1, 0.15) is 45.6 Å². The van der Waals surface area contributed by atoms with Gasteiger partial charge in [0, 0.05) is 31.0 Å². The molecule has 0 radical (unpaired) electrons. The van der Waals surface area contributed by atoms with Crippen LogP contribution in [0.3, 0.4) is 0 Å². The molecule has 0 bridgehead atoms. The normalized spacial score (nSPS) is 18.4. The number of likely N-dealkylation sites (N-methyl/N-ethyl adjacent to an activating group) is 1. The predicted molar refractivity (Wildman–Crippen MR) is 80.5 cm³/mol. The number of hydrogen-bond acceptors (Lipinski definition) is 3. The molecule has 1 N–H and O–H groups in total. The molecular formula is C15H28N4. The lowest BCUT2D eigenvalue weighted by atomic mass is 10.0. The van der Waals surface area contributed by atoms with Crippen molar-refractivity contribution in [2.75, 3.05) is 26.0 Å². The smallest absolute Gasteiger partial charge is 0.203 e. The number of hydrogen-bond donors (Lipinski definition) is 1. The van der Waals surface area contributed by atoms with Crippen molar-refractivity contribution < 1.29 is 0 Å². The molecule has 19 heavy (non-hydrogen) atoms. The van der Waals surface area contributed by atoms with E-state index in [1.807, 2.05) is 6.20 Å². The van der Waals surface area contributed by atoms with Gasteiger partial charge in [-0.25, -0.2) is 4.98 Å². The van der Waals surface area contributed by atoms with Crippen molar-refractivity contribution in [3.63, 3.8) is 0 Å². The lowest BCUT2D eigenvalue weighted by Crippen LogP contribution is -2.37. The van der Waals surface area contributed by atoms with Crippen LogP contribution in [-0.4, -0.2) is 41.1 Å². The molecule has 2 rings (SSSR count). The molecule has 108 valence electrons. The maximum Gasteiger partial charge on any atom is 0.203 e. The standard InChI is InChI=1S/C15H28N4/c1-12(2)14(11-18(3)4)17-15-16-9-10-19(15)13-7-5-6-8-13/h9-10,12-14H,5-8,11H2,1-4H3,(H,16,17). The molecule has 1 atom stereocenters. The van der Waals surface area contributed by atoms with Crippen LogP contribution in [0.2, 0.25) is 0 Å². The van der Waals surface area contributed by atoms with Gasteiger partial charge >= 0.3 is 0 Å². The molecule has 1 aromatic rings. The molecule has 0 aliphatic heterocycles. The highest BCUT2D eigenvalue weighted by atomic mass is 15.2. The minimum Gasteiger partial charge on any atom is -0.351 e. The summed E-state index contributed by atoms with van der Waals surface area (Å²) in [6.45, 7) is 5.57. The first-order valence-electron chi connectivity index (χ1n) is 7.52. The van der Waals surface area contributed by atoms with Gasteiger partial charge in [-0.2, -0.15) is 0 Å². The summed E-state index contributed by atoms with van der Waals surface area (Å²) in [5.74, 6) is 1.64. The molecular weight excluding hydrogens is 236 g/mol. The van der Waals surface area contributed by atoms with Gasteiger partial charge in [0.25, 0.3) is 0 Å². The number of rotatable bonds is 6. The second-order valence-corrected chi connectivity index (χ2v) is 6.35. The molecule has 1 aromatic heterocycles. The molecule has 1 aliphatic rings. The van der Waals surface area contributed by atoms with Crippen molar-refractivity contribution >= 4 is 5.95 Å². The topological polar surface area (TPSA) is 33.1 Å². The quantitative estimate of drug-likeness (QED) is 0.857. The van der Waals surface area contributed by atoms with Gasteiger partial charge in [-0.3, -0.25) is 0 Å². The van der Waals surface area contributed by atoms with Crippen molar-refractivity contribution in [1.82, 2.24) is 14.5 Å². The van der Waals surface area contributed by atoms with Gasteiger partial charge in [-0.1, -0.05) is 26.7 Å². The van der Waals surface area contributed by atoms with Gasteiger partial charge in [0.05, 0.1) is 0 Å². The molecule has 4 heteroatoms. The summed E-state index contributed by atoms with van der Waals surface area (Å²) in [5, 5.41) is 3.65. The molecule has 0 aromatic carbocycles. The van der Waals surface area contributed by atoms with Crippen LogP contribution < -0.4 is 5.32 Å². The number of aromatic nitrogens is 2. The maximum absolute atomic E-state index is 4.52. The average Bonchev–Trinajstić information content (AvgIpc) is 2.96. The van der Waals surface area contributed by atoms with Crippen molar-refractivity contribution in [3.8, 4) is 0 Å². The van der Waals surface area contributed by atoms with Crippen molar-refractivity contribution in [2.24, 2.45) is 5.92 Å². The molecule has 1 aliphatic carbocycles. The largest absolute Gasteiger partial charge is 0.351 e. The van der Waals surface area contributed by atoms with E-state index in [4.69, 9.17) is 0 Å². The van der Waals surface area contributed by atoms with Crippen LogP contribution in [0.25, 0.3) is 0 Å². The first kappa shape index (κ1) is 14.4. The third-order valence-corrected chi connectivity index (χ3v) is 4.07. The molecule has 1 heterocycles. The third-order valence-electron chi connectivity index (χ3n) is 4.07. The zero-order valence-electron chi connectivity index (χ0n) is 12.8. The monoisotopic (exact) mass is 264 g/mol. The lowest BCUT2D eigenvalue weighted by Gasteiger charge is -2.27. The predicted octanol–water partition coefficient (Wildman–Crippen LogP) is 3.00.